The molecule has 6 nitrogen and oxygen atoms in total. The normalized spacial score (nSPS) is 16.8. The lowest BCUT2D eigenvalue weighted by atomic mass is 9.84. The Hall–Kier alpha value is -2.77. The molecule has 2 aromatic rings. The van der Waals surface area contributed by atoms with Crippen LogP contribution in [0.15, 0.2) is 48.5 Å². The number of benzene rings is 2. The summed E-state index contributed by atoms with van der Waals surface area (Å²) in [5, 5.41) is 11.0. The zero-order valence-electron chi connectivity index (χ0n) is 14.0. The Balaban J connectivity index is 2.05. The van der Waals surface area contributed by atoms with Crippen LogP contribution in [-0.4, -0.2) is 48.1 Å². The molecule has 2 aromatic carbocycles. The maximum Gasteiger partial charge on any atom is 0.258 e. The van der Waals surface area contributed by atoms with Crippen molar-refractivity contribution in [3.63, 3.8) is 0 Å². The number of rotatable bonds is 4. The summed E-state index contributed by atoms with van der Waals surface area (Å²) in [7, 11) is 0. The summed E-state index contributed by atoms with van der Waals surface area (Å²) < 4.78 is 19.4. The fourth-order valence-corrected chi connectivity index (χ4v) is 3.00. The van der Waals surface area contributed by atoms with E-state index in [4.69, 9.17) is 10.5 Å². The van der Waals surface area contributed by atoms with E-state index in [0.29, 0.717) is 26.3 Å². The SMILES string of the molecule is NC(=O)C(O)(c1ccccc1)c1cc(F)cc(C(=O)N2CCOCC2)c1. The van der Waals surface area contributed by atoms with E-state index in [9.17, 15) is 19.1 Å². The van der Waals surface area contributed by atoms with Crippen LogP contribution in [0.1, 0.15) is 21.5 Å². The molecular weight excluding hydrogens is 339 g/mol. The van der Waals surface area contributed by atoms with Gasteiger partial charge in [-0.1, -0.05) is 30.3 Å². The van der Waals surface area contributed by atoms with Crippen molar-refractivity contribution in [1.82, 2.24) is 4.90 Å². The number of amides is 2. The number of carbonyl (C=O) groups excluding carboxylic acids is 2. The Morgan fingerprint density at radius 2 is 1.73 bits per heavy atom. The van der Waals surface area contributed by atoms with Gasteiger partial charge in [0.15, 0.2) is 5.60 Å². The summed E-state index contributed by atoms with van der Waals surface area (Å²) in [6, 6.07) is 11.4. The fraction of sp³-hybridized carbons (Fsp3) is 0.263. The number of ether oxygens (including phenoxy) is 1. The van der Waals surface area contributed by atoms with Gasteiger partial charge in [0.05, 0.1) is 13.2 Å². The van der Waals surface area contributed by atoms with Crippen molar-refractivity contribution in [3.05, 3.63) is 71.0 Å². The van der Waals surface area contributed by atoms with Crippen molar-refractivity contribution >= 4 is 11.8 Å². The Kier molecular flexibility index (Phi) is 5.01. The van der Waals surface area contributed by atoms with Gasteiger partial charge < -0.3 is 20.5 Å². The lowest BCUT2D eigenvalue weighted by molar-refractivity contribution is -0.133. The van der Waals surface area contributed by atoms with Crippen molar-refractivity contribution in [2.24, 2.45) is 5.73 Å². The topological polar surface area (TPSA) is 92.9 Å². The molecule has 0 aromatic heterocycles. The van der Waals surface area contributed by atoms with Crippen LogP contribution in [0, 0.1) is 5.82 Å². The molecule has 1 atom stereocenters. The highest BCUT2D eigenvalue weighted by atomic mass is 19.1. The predicted molar refractivity (Wildman–Crippen MR) is 91.8 cm³/mol. The predicted octanol–water partition coefficient (Wildman–Crippen LogP) is 1.02. The van der Waals surface area contributed by atoms with E-state index in [-0.39, 0.29) is 16.7 Å². The van der Waals surface area contributed by atoms with Crippen molar-refractivity contribution in [3.8, 4) is 0 Å². The number of carbonyl (C=O) groups is 2. The average Bonchev–Trinajstić information content (AvgIpc) is 2.67. The van der Waals surface area contributed by atoms with Crippen molar-refractivity contribution < 1.29 is 23.8 Å². The molecule has 1 fully saturated rings. The van der Waals surface area contributed by atoms with Crippen molar-refractivity contribution in [2.75, 3.05) is 26.3 Å². The first-order valence-electron chi connectivity index (χ1n) is 8.19. The molecule has 0 aliphatic carbocycles. The summed E-state index contributed by atoms with van der Waals surface area (Å²) in [4.78, 5) is 26.2. The molecule has 0 bridgehead atoms. The zero-order valence-corrected chi connectivity index (χ0v) is 14.0. The third-order valence-corrected chi connectivity index (χ3v) is 4.41. The van der Waals surface area contributed by atoms with E-state index < -0.39 is 23.2 Å². The fourth-order valence-electron chi connectivity index (χ4n) is 3.00. The molecule has 136 valence electrons. The number of hydrogen-bond acceptors (Lipinski definition) is 4. The van der Waals surface area contributed by atoms with Gasteiger partial charge in [0.1, 0.15) is 5.82 Å². The minimum Gasteiger partial charge on any atom is -0.378 e. The smallest absolute Gasteiger partial charge is 0.258 e. The largest absolute Gasteiger partial charge is 0.378 e. The molecule has 1 aliphatic rings. The minimum atomic E-state index is -2.25. The second kappa shape index (κ2) is 7.23. The first-order chi connectivity index (χ1) is 12.4. The van der Waals surface area contributed by atoms with E-state index in [1.54, 1.807) is 18.2 Å². The van der Waals surface area contributed by atoms with Gasteiger partial charge in [-0.25, -0.2) is 4.39 Å². The summed E-state index contributed by atoms with van der Waals surface area (Å²) >= 11 is 0. The molecule has 2 amide bonds. The maximum atomic E-state index is 14.2. The van der Waals surface area contributed by atoms with Gasteiger partial charge in [0, 0.05) is 24.2 Å². The summed E-state index contributed by atoms with van der Waals surface area (Å²) in [5.74, 6) is -2.19. The Bertz CT molecular complexity index is 822. The van der Waals surface area contributed by atoms with E-state index >= 15 is 0 Å². The standard InChI is InChI=1S/C19H19FN2O4/c20-16-11-13(17(23)22-6-8-26-9-7-22)10-15(12-16)19(25,18(21)24)14-4-2-1-3-5-14/h1-5,10-12,25H,6-9H2,(H2,21,24). The lowest BCUT2D eigenvalue weighted by Gasteiger charge is -2.29. The number of aliphatic hydroxyl groups is 1. The van der Waals surface area contributed by atoms with Gasteiger partial charge >= 0.3 is 0 Å². The lowest BCUT2D eigenvalue weighted by Crippen LogP contribution is -2.43. The van der Waals surface area contributed by atoms with Crippen LogP contribution in [-0.2, 0) is 15.1 Å². The molecule has 1 unspecified atom stereocenters. The molecule has 7 heteroatoms. The second-order valence-electron chi connectivity index (χ2n) is 6.07. The van der Waals surface area contributed by atoms with Crippen molar-refractivity contribution in [1.29, 1.82) is 0 Å². The van der Waals surface area contributed by atoms with E-state index in [2.05, 4.69) is 0 Å². The summed E-state index contributed by atoms with van der Waals surface area (Å²) in [6.45, 7) is 1.60. The minimum absolute atomic E-state index is 0.0394. The third kappa shape index (κ3) is 3.31. The van der Waals surface area contributed by atoms with Crippen LogP contribution in [0.5, 0.6) is 0 Å². The van der Waals surface area contributed by atoms with Gasteiger partial charge in [0.2, 0.25) is 0 Å². The van der Waals surface area contributed by atoms with Crippen LogP contribution in [0.25, 0.3) is 0 Å². The number of primary amides is 1. The molecular formula is C19H19FN2O4. The highest BCUT2D eigenvalue weighted by molar-refractivity contribution is 5.95. The van der Waals surface area contributed by atoms with Crippen LogP contribution >= 0.6 is 0 Å². The molecule has 26 heavy (non-hydrogen) atoms. The van der Waals surface area contributed by atoms with Crippen LogP contribution in [0.3, 0.4) is 0 Å². The van der Waals surface area contributed by atoms with E-state index in [0.717, 1.165) is 12.1 Å². The van der Waals surface area contributed by atoms with Gasteiger partial charge in [-0.3, -0.25) is 9.59 Å². The Morgan fingerprint density at radius 1 is 1.08 bits per heavy atom. The zero-order chi connectivity index (χ0) is 18.7. The summed E-state index contributed by atoms with van der Waals surface area (Å²) in [6.07, 6.45) is 0. The summed E-state index contributed by atoms with van der Waals surface area (Å²) in [5.41, 5.74) is 3.33. The maximum absolute atomic E-state index is 14.2. The molecule has 1 heterocycles. The Morgan fingerprint density at radius 3 is 2.35 bits per heavy atom. The number of nitrogens with two attached hydrogens (primary N) is 1. The molecule has 0 radical (unpaired) electrons. The molecule has 0 saturated carbocycles. The third-order valence-electron chi connectivity index (χ3n) is 4.41. The second-order valence-corrected chi connectivity index (χ2v) is 6.07. The highest BCUT2D eigenvalue weighted by Crippen LogP contribution is 2.31. The number of hydrogen-bond donors (Lipinski definition) is 2. The molecule has 1 saturated heterocycles. The van der Waals surface area contributed by atoms with Gasteiger partial charge in [-0.15, -0.1) is 0 Å². The number of morpholine rings is 1. The van der Waals surface area contributed by atoms with Gasteiger partial charge in [-0.05, 0) is 23.8 Å². The van der Waals surface area contributed by atoms with Crippen LogP contribution in [0.2, 0.25) is 0 Å². The van der Waals surface area contributed by atoms with Crippen LogP contribution < -0.4 is 5.73 Å². The van der Waals surface area contributed by atoms with Crippen molar-refractivity contribution in [2.45, 2.75) is 5.60 Å². The monoisotopic (exact) mass is 358 g/mol. The molecule has 1 aliphatic heterocycles. The Labute approximate surface area is 150 Å². The van der Waals surface area contributed by atoms with Gasteiger partial charge in [0.25, 0.3) is 11.8 Å². The quantitative estimate of drug-likeness (QED) is 0.853. The molecule has 3 N–H and O–H groups in total. The first kappa shape index (κ1) is 18.0. The molecule has 0 spiro atoms. The van der Waals surface area contributed by atoms with Gasteiger partial charge in [-0.2, -0.15) is 0 Å². The highest BCUT2D eigenvalue weighted by Gasteiger charge is 2.39. The van der Waals surface area contributed by atoms with E-state index in [1.807, 2.05) is 0 Å². The number of nitrogens with zero attached hydrogens (tertiary/aromatic N) is 1. The molecule has 3 rings (SSSR count). The van der Waals surface area contributed by atoms with E-state index in [1.165, 1.54) is 23.1 Å². The van der Waals surface area contributed by atoms with Crippen LogP contribution in [0.4, 0.5) is 4.39 Å². The first-order valence-corrected chi connectivity index (χ1v) is 8.19. The number of halogens is 1. The average molecular weight is 358 g/mol.